The minimum Gasteiger partial charge on any atom is -0.465 e. The minimum absolute atomic E-state index is 0.151. The Hall–Kier alpha value is -8.93. The first-order valence-electron chi connectivity index (χ1n) is 25.4. The second-order valence-electron chi connectivity index (χ2n) is 18.9. The van der Waals surface area contributed by atoms with Crippen molar-refractivity contribution in [2.75, 3.05) is 98.1 Å². The van der Waals surface area contributed by atoms with Gasteiger partial charge >= 0.3 is 24.3 Å². The number of nitrogens with one attached hydrogen (secondary N) is 2. The smallest absolute Gasteiger partial charge is 0.465 e. The van der Waals surface area contributed by atoms with Crippen molar-refractivity contribution in [3.8, 4) is 11.5 Å². The van der Waals surface area contributed by atoms with Gasteiger partial charge in [-0.1, -0.05) is 24.3 Å². The first-order chi connectivity index (χ1) is 37.8. The fraction of sp³-hybridized carbons (Fsp3) is 0.364. The molecule has 4 heterocycles. The summed E-state index contributed by atoms with van der Waals surface area (Å²) < 4.78 is 63.8. The molecule has 6 amide bonds. The van der Waals surface area contributed by atoms with Gasteiger partial charge in [0.1, 0.15) is 35.3 Å². The van der Waals surface area contributed by atoms with Crippen molar-refractivity contribution < 1.29 is 75.9 Å². The molecule has 0 spiro atoms. The molecule has 0 radical (unpaired) electrons. The van der Waals surface area contributed by atoms with Crippen molar-refractivity contribution in [1.29, 1.82) is 0 Å². The zero-order valence-corrected chi connectivity index (χ0v) is 43.8. The molecule has 8 rings (SSSR count). The van der Waals surface area contributed by atoms with E-state index in [-0.39, 0.29) is 55.6 Å². The van der Waals surface area contributed by atoms with Crippen LogP contribution in [0, 0.1) is 11.6 Å². The van der Waals surface area contributed by atoms with E-state index in [1.54, 1.807) is 94.7 Å². The Morgan fingerprint density at radius 2 is 1.08 bits per heavy atom. The molecule has 0 aromatic heterocycles. The van der Waals surface area contributed by atoms with Gasteiger partial charge in [-0.15, -0.1) is 0 Å². The summed E-state index contributed by atoms with van der Waals surface area (Å²) in [5.41, 5.74) is 2.66. The summed E-state index contributed by atoms with van der Waals surface area (Å²) in [5, 5.41) is 14.8. The summed E-state index contributed by atoms with van der Waals surface area (Å²) >= 11 is 0. The number of nitrogens with zero attached hydrogens (tertiary/aromatic N) is 6. The molecule has 4 aromatic rings. The number of hydrogen-bond donors (Lipinski definition) is 3. The Morgan fingerprint density at radius 3 is 1.47 bits per heavy atom. The number of benzene rings is 4. The molecule has 79 heavy (non-hydrogen) atoms. The maximum atomic E-state index is 15.4. The lowest BCUT2D eigenvalue weighted by Crippen LogP contribution is -2.48. The third kappa shape index (κ3) is 15.0. The average molecular weight is 1100 g/mol. The van der Waals surface area contributed by atoms with Crippen molar-refractivity contribution >= 4 is 76.9 Å². The van der Waals surface area contributed by atoms with Crippen molar-refractivity contribution in [2.45, 2.75) is 52.2 Å². The van der Waals surface area contributed by atoms with Crippen LogP contribution in [0.2, 0.25) is 0 Å². The van der Waals surface area contributed by atoms with E-state index in [0.717, 1.165) is 0 Å². The molecular weight excluding hydrogens is 1030 g/mol. The van der Waals surface area contributed by atoms with Gasteiger partial charge in [0.25, 0.3) is 0 Å². The predicted octanol–water partition coefficient (Wildman–Crippen LogP) is 5.80. The van der Waals surface area contributed by atoms with Crippen LogP contribution >= 0.6 is 0 Å². The summed E-state index contributed by atoms with van der Waals surface area (Å²) in [5.74, 6) is -3.66. The van der Waals surface area contributed by atoms with E-state index in [2.05, 4.69) is 10.6 Å². The molecular formula is C55H60F2N8O14. The Morgan fingerprint density at radius 1 is 0.658 bits per heavy atom. The molecule has 4 saturated heterocycles. The van der Waals surface area contributed by atoms with E-state index in [9.17, 15) is 38.7 Å². The number of rotatable bonds is 19. The van der Waals surface area contributed by atoms with E-state index < -0.39 is 54.4 Å². The van der Waals surface area contributed by atoms with Crippen molar-refractivity contribution in [1.82, 2.24) is 20.4 Å². The number of carboxylic acid groups (broad SMARTS) is 1. The van der Waals surface area contributed by atoms with Gasteiger partial charge in [-0.05, 0) is 90.9 Å². The molecule has 0 saturated carbocycles. The van der Waals surface area contributed by atoms with Crippen molar-refractivity contribution in [2.24, 2.45) is 0 Å². The van der Waals surface area contributed by atoms with E-state index in [1.807, 2.05) is 9.80 Å². The maximum Gasteiger partial charge on any atom is 0.510 e. The third-order valence-corrected chi connectivity index (χ3v) is 13.1. The molecule has 4 aromatic carbocycles. The molecule has 4 aliphatic rings. The van der Waals surface area contributed by atoms with Crippen LogP contribution in [-0.4, -0.2) is 160 Å². The molecule has 0 aliphatic carbocycles. The fourth-order valence-electron chi connectivity index (χ4n) is 9.18. The Kier molecular flexibility index (Phi) is 17.8. The monoisotopic (exact) mass is 1090 g/mol. The molecule has 4 unspecified atom stereocenters. The Labute approximate surface area is 453 Å². The predicted molar refractivity (Wildman–Crippen MR) is 283 cm³/mol. The summed E-state index contributed by atoms with van der Waals surface area (Å²) in [7, 11) is 0. The SMILES string of the molecule is CC(=O)NCC1CN(c2ccc(N3CCN(C(=O)/C=C/c4ccc(OC(C)OC(C)(OC(=O)O)Oc5ccc(/C=C/C(=O)N6CCN(c7ccc(N8CC(CNC(C)=O)OC8=O)cc7F)CC6)cc5)cc4)CC3)c(F)c2)C(=O)O1. The summed E-state index contributed by atoms with van der Waals surface area (Å²) in [6.45, 7) is 8.99. The van der Waals surface area contributed by atoms with E-state index in [0.29, 0.717) is 92.0 Å². The Bertz CT molecular complexity index is 2970. The highest BCUT2D eigenvalue weighted by Crippen LogP contribution is 2.31. The van der Waals surface area contributed by atoms with Crippen LogP contribution in [0.15, 0.2) is 97.1 Å². The highest BCUT2D eigenvalue weighted by molar-refractivity contribution is 5.93. The lowest BCUT2D eigenvalue weighted by molar-refractivity contribution is -0.347. The summed E-state index contributed by atoms with van der Waals surface area (Å²) in [6.07, 6.45) is 0.986. The highest BCUT2D eigenvalue weighted by Gasteiger charge is 2.37. The highest BCUT2D eigenvalue weighted by atomic mass is 19.1. The van der Waals surface area contributed by atoms with E-state index in [1.165, 1.54) is 61.8 Å². The van der Waals surface area contributed by atoms with Gasteiger partial charge < -0.3 is 59.0 Å². The number of piperazine rings is 2. The Balaban J connectivity index is 0.759. The quantitative estimate of drug-likeness (QED) is 0.0435. The molecule has 4 aliphatic heterocycles. The van der Waals surface area contributed by atoms with Crippen LogP contribution in [0.3, 0.4) is 0 Å². The van der Waals surface area contributed by atoms with Gasteiger partial charge in [-0.3, -0.25) is 33.7 Å². The zero-order chi connectivity index (χ0) is 56.4. The first kappa shape index (κ1) is 56.3. The number of halogens is 2. The van der Waals surface area contributed by atoms with E-state index >= 15 is 8.78 Å². The van der Waals surface area contributed by atoms with Crippen molar-refractivity contribution in [3.05, 3.63) is 120 Å². The van der Waals surface area contributed by atoms with Gasteiger partial charge in [-0.25, -0.2) is 23.2 Å². The van der Waals surface area contributed by atoms with Crippen LogP contribution in [0.4, 0.5) is 45.9 Å². The molecule has 4 fully saturated rings. The topological polar surface area (TPSA) is 239 Å². The largest absolute Gasteiger partial charge is 0.510 e. The number of amides is 6. The molecule has 3 N–H and O–H groups in total. The molecule has 418 valence electrons. The maximum absolute atomic E-state index is 15.4. The van der Waals surface area contributed by atoms with Crippen LogP contribution in [0.1, 0.15) is 38.8 Å². The number of anilines is 4. The minimum atomic E-state index is -2.16. The summed E-state index contributed by atoms with van der Waals surface area (Å²) in [6, 6.07) is 22.1. The van der Waals surface area contributed by atoms with Crippen LogP contribution < -0.4 is 39.7 Å². The first-order valence-corrected chi connectivity index (χ1v) is 25.4. The lowest BCUT2D eigenvalue weighted by Gasteiger charge is -2.36. The number of carbonyl (C=O) groups excluding carboxylic acids is 6. The van der Waals surface area contributed by atoms with Crippen LogP contribution in [-0.2, 0) is 38.1 Å². The van der Waals surface area contributed by atoms with Crippen LogP contribution in [0.25, 0.3) is 12.2 Å². The number of ether oxygens (including phenoxy) is 6. The van der Waals surface area contributed by atoms with Gasteiger partial charge in [0.05, 0.1) is 48.9 Å². The van der Waals surface area contributed by atoms with E-state index in [4.69, 9.17) is 28.4 Å². The van der Waals surface area contributed by atoms with Crippen LogP contribution in [0.5, 0.6) is 11.5 Å². The lowest BCUT2D eigenvalue weighted by atomic mass is 10.2. The number of hydrogen-bond acceptors (Lipinski definition) is 15. The average Bonchev–Trinajstić information content (AvgIpc) is 4.00. The number of carbonyl (C=O) groups is 7. The summed E-state index contributed by atoms with van der Waals surface area (Å²) in [4.78, 5) is 94.9. The molecule has 24 heteroatoms. The van der Waals surface area contributed by atoms with Gasteiger partial charge in [0.15, 0.2) is 0 Å². The molecule has 22 nitrogen and oxygen atoms in total. The van der Waals surface area contributed by atoms with Crippen molar-refractivity contribution in [3.63, 3.8) is 0 Å². The third-order valence-electron chi connectivity index (χ3n) is 13.1. The number of cyclic esters (lactones) is 2. The van der Waals surface area contributed by atoms with Gasteiger partial charge in [0, 0.05) is 85.3 Å². The fourth-order valence-corrected chi connectivity index (χ4v) is 9.18. The zero-order valence-electron chi connectivity index (χ0n) is 43.8. The second-order valence-corrected chi connectivity index (χ2v) is 18.9. The second kappa shape index (κ2) is 25.0. The molecule has 4 atom stereocenters. The molecule has 0 bridgehead atoms. The standard InChI is InChI=1S/C55H60F2N8O14/c1-35(66)58-31-44-33-64(52(70)75-44)40-11-17-48(46(56)29-40)60-21-25-62(26-22-60)50(68)19-9-38-5-13-42(14-6-38)74-37(3)77-55(4,79-54(72)73)78-43-15-7-39(8-16-43)10-20-51(69)63-27-23-61(24-28-63)49-18-12-41(30-47(49)57)65-34-45(76-53(65)71)32-59-36(2)67/h5-20,29-30,37,44-45H,21-28,31-34H2,1-4H3,(H,58,66)(H,59,67)(H,72,73)/b19-9+,20-10+. The van der Waals surface area contributed by atoms with Gasteiger partial charge in [0.2, 0.25) is 29.9 Å². The van der Waals surface area contributed by atoms with Gasteiger partial charge in [-0.2, -0.15) is 0 Å². The normalized spacial score (nSPS) is 18.8.